The van der Waals surface area contributed by atoms with E-state index in [0.29, 0.717) is 0 Å². The molecule has 4 heterocycles. The summed E-state index contributed by atoms with van der Waals surface area (Å²) in [6.45, 7) is 11.5. The van der Waals surface area contributed by atoms with Crippen molar-refractivity contribution >= 4 is 66.6 Å². The van der Waals surface area contributed by atoms with Gasteiger partial charge in [0.1, 0.15) is 17.3 Å². The molecule has 4 aliphatic heterocycles. The minimum atomic E-state index is -1.01. The third-order valence-electron chi connectivity index (χ3n) is 21.9. The van der Waals surface area contributed by atoms with Crippen LogP contribution in [0.15, 0.2) is 231 Å². The minimum absolute atomic E-state index is 0.231. The predicted octanol–water partition coefficient (Wildman–Crippen LogP) is 21.0. The van der Waals surface area contributed by atoms with Gasteiger partial charge in [0.25, 0.3) is 0 Å². The van der Waals surface area contributed by atoms with E-state index in [4.69, 9.17) is 9.47 Å². The molecule has 18 rings (SSSR count). The van der Waals surface area contributed by atoms with Gasteiger partial charge in [0, 0.05) is 92.5 Å². The van der Waals surface area contributed by atoms with Gasteiger partial charge in [-0.1, -0.05) is 209 Å². The lowest BCUT2D eigenvalue weighted by molar-refractivity contribution is 0.163. The zero-order chi connectivity index (χ0) is 60.8. The van der Waals surface area contributed by atoms with Crippen LogP contribution in [0.3, 0.4) is 0 Å². The van der Waals surface area contributed by atoms with Crippen molar-refractivity contribution in [1.29, 1.82) is 0 Å². The van der Waals surface area contributed by atoms with Crippen LogP contribution in [-0.4, -0.2) is 26.2 Å². The van der Waals surface area contributed by atoms with Crippen molar-refractivity contribution in [2.45, 2.75) is 87.7 Å². The summed E-state index contributed by atoms with van der Waals surface area (Å²) in [5.74, 6) is 1.51. The normalized spacial score (nSPS) is 20.8. The number of hydrogen-bond acceptors (Lipinski definition) is 4. The topological polar surface area (TPSA) is 24.9 Å². The second kappa shape index (κ2) is 20.4. The fourth-order valence-corrected chi connectivity index (χ4v) is 17.5. The van der Waals surface area contributed by atoms with Gasteiger partial charge in [-0.2, -0.15) is 0 Å². The summed E-state index contributed by atoms with van der Waals surface area (Å²) in [7, 11) is 0. The van der Waals surface area contributed by atoms with Crippen LogP contribution in [0, 0.1) is 5.82 Å². The van der Waals surface area contributed by atoms with Crippen LogP contribution in [0.2, 0.25) is 0 Å². The lowest BCUT2D eigenvalue weighted by Gasteiger charge is -2.39. The molecule has 6 aliphatic rings. The third kappa shape index (κ3) is 8.11. The number of piperidine rings is 2. The van der Waals surface area contributed by atoms with Crippen molar-refractivity contribution in [2.75, 3.05) is 36.0 Å². The fraction of sp³-hybridized carbons (Fsp3) is 0.209. The Kier molecular flexibility index (Phi) is 12.2. The molecule has 12 aromatic carbocycles. The summed E-state index contributed by atoms with van der Waals surface area (Å²) in [6.07, 6.45) is 17.5. The third-order valence-corrected chi connectivity index (χ3v) is 21.9. The average Bonchev–Trinajstić information content (AvgIpc) is 1.61. The van der Waals surface area contributed by atoms with Gasteiger partial charge in [-0.25, -0.2) is 4.39 Å². The highest BCUT2D eigenvalue weighted by Gasteiger charge is 2.48. The number of halogens is 1. The number of ether oxygens (including phenoxy) is 2. The zero-order valence-corrected chi connectivity index (χ0v) is 52.0. The first kappa shape index (κ1) is 54.2. The van der Waals surface area contributed by atoms with E-state index in [-0.39, 0.29) is 11.2 Å². The average molecular weight is 1180 g/mol. The molecule has 0 radical (unpaired) electrons. The van der Waals surface area contributed by atoms with Crippen LogP contribution in [0.1, 0.15) is 120 Å². The second-order valence-corrected chi connectivity index (χ2v) is 27.4. The molecule has 5 heteroatoms. The monoisotopic (exact) mass is 1180 g/mol. The molecule has 0 amide bonds. The smallest absolute Gasteiger partial charge is 0.178 e. The molecule has 4 nitrogen and oxygen atoms in total. The number of fused-ring (bicyclic) bond motifs is 19. The summed E-state index contributed by atoms with van der Waals surface area (Å²) >= 11 is 0. The van der Waals surface area contributed by atoms with E-state index in [1.165, 1.54) is 138 Å². The molecule has 0 spiro atoms. The molecule has 0 saturated carbocycles. The van der Waals surface area contributed by atoms with E-state index in [1.807, 2.05) is 12.1 Å². The van der Waals surface area contributed by atoms with E-state index in [9.17, 15) is 4.39 Å². The van der Waals surface area contributed by atoms with Crippen LogP contribution < -0.4 is 19.3 Å². The summed E-state index contributed by atoms with van der Waals surface area (Å²) in [5.41, 5.74) is 17.9. The first-order valence-corrected chi connectivity index (χ1v) is 33.2. The number of rotatable bonds is 8. The Morgan fingerprint density at radius 2 is 0.857 bits per heavy atom. The van der Waals surface area contributed by atoms with Crippen molar-refractivity contribution in [1.82, 2.24) is 0 Å². The molecule has 2 fully saturated rings. The van der Waals surface area contributed by atoms with E-state index < -0.39 is 16.6 Å². The Morgan fingerprint density at radius 3 is 1.45 bits per heavy atom. The Balaban J connectivity index is 0.762. The maximum atomic E-state index is 14.9. The van der Waals surface area contributed by atoms with Gasteiger partial charge in [-0.15, -0.1) is 0 Å². The highest BCUT2D eigenvalue weighted by atomic mass is 19.1. The first-order valence-electron chi connectivity index (χ1n) is 33.2. The Hall–Kier alpha value is -9.71. The van der Waals surface area contributed by atoms with Crippen LogP contribution in [0.4, 0.5) is 15.8 Å². The molecule has 0 aromatic heterocycles. The lowest BCUT2D eigenvalue weighted by Crippen LogP contribution is -2.35. The largest absolute Gasteiger partial charge is 0.472 e. The van der Waals surface area contributed by atoms with E-state index in [0.717, 1.165) is 82.7 Å². The van der Waals surface area contributed by atoms with Gasteiger partial charge < -0.3 is 19.3 Å². The zero-order valence-electron chi connectivity index (χ0n) is 52.0. The molecule has 2 saturated heterocycles. The summed E-state index contributed by atoms with van der Waals surface area (Å²) < 4.78 is 30.6. The van der Waals surface area contributed by atoms with E-state index in [2.05, 4.69) is 249 Å². The molecular weight excluding hydrogens is 1110 g/mol. The lowest BCUT2D eigenvalue weighted by atomic mass is 9.72. The van der Waals surface area contributed by atoms with Crippen molar-refractivity contribution in [3.63, 3.8) is 0 Å². The number of hydrogen-bond donors (Lipinski definition) is 0. The van der Waals surface area contributed by atoms with Gasteiger partial charge in [-0.3, -0.25) is 0 Å². The standard InChI is InChI=1S/C86H71FN2O2/c1-83(2)75-24-12-10-22-70(75)77-66-18-6-8-20-68(66)81-72(79(77)83)44-47-86(91-81,60-35-41-64(42-36-60)89-50-16-5-17-51-89)61-30-29-56-27-28-57-52-55(26-43-65(57)74(56)53-61)54-84(3)76-25-13-11-23-71(76)78-67-19-7-9-21-69(67)82-73(80(78)84)45-46-85(90-82,58-31-37-62(87)38-32-58)59-33-39-63(40-34-59)88-48-14-4-15-49-88/h6-13,18-47,52-53H,4-5,14-17,48-51,54H2,1-3H3. The summed E-state index contributed by atoms with van der Waals surface area (Å²) in [6, 6.07) is 79.7. The Morgan fingerprint density at radius 1 is 0.396 bits per heavy atom. The molecule has 3 atom stereocenters. The van der Waals surface area contributed by atoms with Crippen molar-refractivity contribution in [2.24, 2.45) is 0 Å². The Labute approximate surface area is 532 Å². The van der Waals surface area contributed by atoms with Crippen molar-refractivity contribution in [3.8, 4) is 33.8 Å². The molecule has 3 unspecified atom stereocenters. The SMILES string of the molecule is CC1(C)c2ccccc2-c2c1c1c(c3ccccc23)OC(c2ccc(N3CCCCC3)cc2)(c2ccc3ccc4cc(CC5(C)c6ccccc6-c6c5c5c(c7ccccc67)OC(c6ccc(F)cc6)(c6ccc(N7CCCCC7)cc6)C=C5)ccc4c3c2)C=C1. The molecule has 91 heavy (non-hydrogen) atoms. The quantitative estimate of drug-likeness (QED) is 0.142. The maximum Gasteiger partial charge on any atom is 0.178 e. The van der Waals surface area contributed by atoms with Gasteiger partial charge >= 0.3 is 0 Å². The molecule has 444 valence electrons. The Bertz CT molecular complexity index is 5050. The number of anilines is 2. The number of benzene rings is 12. The van der Waals surface area contributed by atoms with Gasteiger partial charge in [0.15, 0.2) is 11.2 Å². The molecule has 12 aromatic rings. The van der Waals surface area contributed by atoms with Gasteiger partial charge in [0.2, 0.25) is 0 Å². The predicted molar refractivity (Wildman–Crippen MR) is 375 cm³/mol. The highest BCUT2D eigenvalue weighted by molar-refractivity contribution is 6.11. The van der Waals surface area contributed by atoms with Crippen molar-refractivity contribution < 1.29 is 13.9 Å². The summed E-state index contributed by atoms with van der Waals surface area (Å²) in [4.78, 5) is 5.04. The van der Waals surface area contributed by atoms with E-state index in [1.54, 1.807) is 12.1 Å². The van der Waals surface area contributed by atoms with Gasteiger partial charge in [0.05, 0.1) is 0 Å². The van der Waals surface area contributed by atoms with E-state index >= 15 is 0 Å². The van der Waals surface area contributed by atoms with Crippen LogP contribution >= 0.6 is 0 Å². The van der Waals surface area contributed by atoms with Crippen LogP contribution in [0.25, 0.3) is 77.5 Å². The van der Waals surface area contributed by atoms with Crippen LogP contribution in [0.5, 0.6) is 11.5 Å². The van der Waals surface area contributed by atoms with Crippen LogP contribution in [-0.2, 0) is 28.5 Å². The molecule has 2 aliphatic carbocycles. The minimum Gasteiger partial charge on any atom is -0.472 e. The fourth-order valence-electron chi connectivity index (χ4n) is 17.5. The molecule has 0 bridgehead atoms. The first-order chi connectivity index (χ1) is 44.6. The summed E-state index contributed by atoms with van der Waals surface area (Å²) in [5, 5.41) is 9.38. The molecule has 0 N–H and O–H groups in total. The molecular formula is C86H71FN2O2. The van der Waals surface area contributed by atoms with Gasteiger partial charge in [-0.05, 0) is 182 Å². The maximum absolute atomic E-state index is 14.9. The second-order valence-electron chi connectivity index (χ2n) is 27.4. The van der Waals surface area contributed by atoms with Crippen molar-refractivity contribution in [3.05, 3.63) is 298 Å². The highest BCUT2D eigenvalue weighted by Crippen LogP contribution is 2.61. The number of nitrogens with zero attached hydrogens (tertiary/aromatic N) is 2.